The lowest BCUT2D eigenvalue weighted by molar-refractivity contribution is 0.533. The van der Waals surface area contributed by atoms with E-state index in [9.17, 15) is 0 Å². The second-order valence-electron chi connectivity index (χ2n) is 3.57. The molecule has 2 rings (SSSR count). The average Bonchev–Trinajstić information content (AvgIpc) is 2.47. The molecule has 3 heteroatoms. The van der Waals surface area contributed by atoms with E-state index in [0.717, 1.165) is 19.5 Å². The van der Waals surface area contributed by atoms with Crippen molar-refractivity contribution >= 4 is 0 Å². The number of nitrogens with one attached hydrogen (secondary N) is 1. The van der Waals surface area contributed by atoms with Crippen molar-refractivity contribution in [1.29, 1.82) is 0 Å². The topological polar surface area (TPSA) is 29.9 Å². The molecule has 3 nitrogen and oxygen atoms in total. The van der Waals surface area contributed by atoms with Gasteiger partial charge in [-0.25, -0.2) is 4.98 Å². The molecular weight excluding hydrogens is 150 g/mol. The lowest BCUT2D eigenvalue weighted by atomic mass is 10.2. The van der Waals surface area contributed by atoms with Gasteiger partial charge in [-0.3, -0.25) is 0 Å². The largest absolute Gasteiger partial charge is 0.331 e. The lowest BCUT2D eigenvalue weighted by Gasteiger charge is -2.17. The molecule has 0 spiro atoms. The van der Waals surface area contributed by atoms with Crippen LogP contribution in [0.5, 0.6) is 0 Å². The Labute approximate surface area is 72.8 Å². The van der Waals surface area contributed by atoms with E-state index in [1.54, 1.807) is 0 Å². The maximum Gasteiger partial charge on any atom is 0.0954 e. The zero-order valence-corrected chi connectivity index (χ0v) is 7.67. The summed E-state index contributed by atoms with van der Waals surface area (Å²) in [5.41, 5.74) is 2.65. The first-order valence-corrected chi connectivity index (χ1v) is 4.54. The number of hydrogen-bond acceptors (Lipinski definition) is 2. The van der Waals surface area contributed by atoms with Crippen LogP contribution in [0.3, 0.4) is 0 Å². The van der Waals surface area contributed by atoms with Gasteiger partial charge in [-0.15, -0.1) is 0 Å². The predicted octanol–water partition coefficient (Wildman–Crippen LogP) is 1.11. The van der Waals surface area contributed by atoms with Crippen LogP contribution in [0.15, 0.2) is 6.33 Å². The lowest BCUT2D eigenvalue weighted by Crippen LogP contribution is -2.25. The Morgan fingerprint density at radius 3 is 3.17 bits per heavy atom. The van der Waals surface area contributed by atoms with Gasteiger partial charge in [-0.1, -0.05) is 0 Å². The monoisotopic (exact) mass is 165 g/mol. The average molecular weight is 165 g/mol. The molecule has 0 unspecified atom stereocenters. The van der Waals surface area contributed by atoms with Crippen LogP contribution >= 0.6 is 0 Å². The van der Waals surface area contributed by atoms with Gasteiger partial charge in [0, 0.05) is 25.6 Å². The van der Waals surface area contributed by atoms with E-state index >= 15 is 0 Å². The summed E-state index contributed by atoms with van der Waals surface area (Å²) in [6, 6.07) is 0.529. The Balaban J connectivity index is 2.38. The zero-order chi connectivity index (χ0) is 8.55. The number of aromatic nitrogens is 2. The van der Waals surface area contributed by atoms with Gasteiger partial charge in [-0.05, 0) is 13.8 Å². The van der Waals surface area contributed by atoms with Crippen LogP contribution in [0.4, 0.5) is 0 Å². The van der Waals surface area contributed by atoms with Crippen molar-refractivity contribution in [2.24, 2.45) is 0 Å². The molecular formula is C9H15N3. The summed E-state index contributed by atoms with van der Waals surface area (Å²) in [5, 5.41) is 3.36. The molecule has 0 aliphatic carbocycles. The van der Waals surface area contributed by atoms with E-state index in [4.69, 9.17) is 0 Å². The molecule has 0 aromatic carbocycles. The molecule has 1 aliphatic heterocycles. The summed E-state index contributed by atoms with van der Waals surface area (Å²) in [5.74, 6) is 0. The number of rotatable bonds is 1. The maximum absolute atomic E-state index is 4.40. The van der Waals surface area contributed by atoms with Gasteiger partial charge in [0.05, 0.1) is 17.7 Å². The Kier molecular flexibility index (Phi) is 1.89. The number of fused-ring (bicyclic) bond motifs is 1. The van der Waals surface area contributed by atoms with Gasteiger partial charge in [0.25, 0.3) is 0 Å². The summed E-state index contributed by atoms with van der Waals surface area (Å²) < 4.78 is 2.25. The van der Waals surface area contributed by atoms with Crippen molar-refractivity contribution in [3.63, 3.8) is 0 Å². The summed E-state index contributed by atoms with van der Waals surface area (Å²) >= 11 is 0. The van der Waals surface area contributed by atoms with Crippen LogP contribution in [-0.4, -0.2) is 16.1 Å². The third kappa shape index (κ3) is 1.14. The molecule has 1 aliphatic rings. The van der Waals surface area contributed by atoms with E-state index in [2.05, 4.69) is 28.7 Å². The van der Waals surface area contributed by atoms with Crippen molar-refractivity contribution < 1.29 is 0 Å². The normalized spacial score (nSPS) is 16.6. The minimum atomic E-state index is 0.529. The molecule has 0 radical (unpaired) electrons. The first-order valence-electron chi connectivity index (χ1n) is 4.54. The fourth-order valence-corrected chi connectivity index (χ4v) is 1.69. The quantitative estimate of drug-likeness (QED) is 0.675. The van der Waals surface area contributed by atoms with Gasteiger partial charge in [0.15, 0.2) is 0 Å². The summed E-state index contributed by atoms with van der Waals surface area (Å²) in [7, 11) is 0. The summed E-state index contributed by atoms with van der Waals surface area (Å²) in [6.45, 7) is 6.43. The van der Waals surface area contributed by atoms with Gasteiger partial charge in [0.1, 0.15) is 0 Å². The highest BCUT2D eigenvalue weighted by Gasteiger charge is 2.15. The summed E-state index contributed by atoms with van der Waals surface area (Å²) in [4.78, 5) is 4.40. The van der Waals surface area contributed by atoms with E-state index in [1.165, 1.54) is 11.4 Å². The molecule has 0 fully saturated rings. The van der Waals surface area contributed by atoms with Crippen LogP contribution in [0.25, 0.3) is 0 Å². The highest BCUT2D eigenvalue weighted by atomic mass is 15.1. The standard InChI is InChI=1S/C9H15N3/c1-7(2)12-6-11-8-3-4-10-5-9(8)12/h6-7,10H,3-5H2,1-2H3. The van der Waals surface area contributed by atoms with Gasteiger partial charge in [0.2, 0.25) is 0 Å². The van der Waals surface area contributed by atoms with E-state index < -0.39 is 0 Å². The Morgan fingerprint density at radius 2 is 2.42 bits per heavy atom. The second-order valence-corrected chi connectivity index (χ2v) is 3.57. The SMILES string of the molecule is CC(C)n1cnc2c1CNCC2. The number of imidazole rings is 1. The number of nitrogens with zero attached hydrogens (tertiary/aromatic N) is 2. The zero-order valence-electron chi connectivity index (χ0n) is 7.67. The fourth-order valence-electron chi connectivity index (χ4n) is 1.69. The highest BCUT2D eigenvalue weighted by Crippen LogP contribution is 2.16. The maximum atomic E-state index is 4.40. The van der Waals surface area contributed by atoms with Gasteiger partial charge >= 0.3 is 0 Å². The number of hydrogen-bond donors (Lipinski definition) is 1. The van der Waals surface area contributed by atoms with Crippen molar-refractivity contribution in [2.45, 2.75) is 32.9 Å². The first-order chi connectivity index (χ1) is 5.79. The molecule has 2 heterocycles. The molecule has 0 saturated heterocycles. The highest BCUT2D eigenvalue weighted by molar-refractivity contribution is 5.16. The fraction of sp³-hybridized carbons (Fsp3) is 0.667. The molecule has 12 heavy (non-hydrogen) atoms. The molecule has 0 bridgehead atoms. The smallest absolute Gasteiger partial charge is 0.0954 e. The Morgan fingerprint density at radius 1 is 1.58 bits per heavy atom. The molecule has 0 amide bonds. The molecule has 0 saturated carbocycles. The van der Waals surface area contributed by atoms with Crippen LogP contribution in [0.2, 0.25) is 0 Å². The van der Waals surface area contributed by atoms with E-state index in [0.29, 0.717) is 6.04 Å². The minimum Gasteiger partial charge on any atom is -0.331 e. The third-order valence-corrected chi connectivity index (χ3v) is 2.37. The first kappa shape index (κ1) is 7.80. The van der Waals surface area contributed by atoms with Crippen LogP contribution in [-0.2, 0) is 13.0 Å². The second kappa shape index (κ2) is 2.90. The van der Waals surface area contributed by atoms with Crippen LogP contribution in [0, 0.1) is 0 Å². The van der Waals surface area contributed by atoms with Crippen molar-refractivity contribution in [1.82, 2.24) is 14.9 Å². The summed E-state index contributed by atoms with van der Waals surface area (Å²) in [6.07, 6.45) is 3.04. The van der Waals surface area contributed by atoms with E-state index in [-0.39, 0.29) is 0 Å². The van der Waals surface area contributed by atoms with Crippen molar-refractivity contribution in [3.8, 4) is 0 Å². The van der Waals surface area contributed by atoms with Crippen molar-refractivity contribution in [2.75, 3.05) is 6.54 Å². The predicted molar refractivity (Wildman–Crippen MR) is 48.0 cm³/mol. The molecule has 0 atom stereocenters. The molecule has 1 N–H and O–H groups in total. The minimum absolute atomic E-state index is 0.529. The molecule has 66 valence electrons. The molecule has 1 aromatic heterocycles. The van der Waals surface area contributed by atoms with Crippen LogP contribution in [0.1, 0.15) is 31.3 Å². The van der Waals surface area contributed by atoms with Gasteiger partial charge in [-0.2, -0.15) is 0 Å². The Bertz CT molecular complexity index is 275. The molecule has 1 aromatic rings. The Hall–Kier alpha value is -0.830. The van der Waals surface area contributed by atoms with Gasteiger partial charge < -0.3 is 9.88 Å². The van der Waals surface area contributed by atoms with E-state index in [1.807, 2.05) is 6.33 Å². The van der Waals surface area contributed by atoms with Crippen molar-refractivity contribution in [3.05, 3.63) is 17.7 Å². The van der Waals surface area contributed by atoms with Crippen LogP contribution < -0.4 is 5.32 Å². The third-order valence-electron chi connectivity index (χ3n) is 2.37.